The van der Waals surface area contributed by atoms with Crippen LogP contribution in [0.25, 0.3) is 0 Å². The van der Waals surface area contributed by atoms with Crippen molar-refractivity contribution in [2.75, 3.05) is 0 Å². The van der Waals surface area contributed by atoms with Gasteiger partial charge in [-0.1, -0.05) is 12.8 Å². The number of hydrogen-bond acceptors (Lipinski definition) is 2. The maximum absolute atomic E-state index is 13.1. The number of rotatable bonds is 1. The zero-order valence-corrected chi connectivity index (χ0v) is 9.73. The molecule has 0 spiro atoms. The Bertz CT molecular complexity index is 413. The number of fused-ring (bicyclic) bond motifs is 1. The molecule has 1 aliphatic heterocycles. The Balaban J connectivity index is 1.84. The van der Waals surface area contributed by atoms with Crippen LogP contribution in [0.1, 0.15) is 43.8 Å². The molecule has 0 amide bonds. The third-order valence-electron chi connectivity index (χ3n) is 3.99. The van der Waals surface area contributed by atoms with Crippen molar-refractivity contribution in [2.24, 2.45) is 5.92 Å². The number of aliphatic hydroxyl groups excluding tert-OH is 1. The lowest BCUT2D eigenvalue weighted by molar-refractivity contribution is 0.0353. The first-order chi connectivity index (χ1) is 8.24. The summed E-state index contributed by atoms with van der Waals surface area (Å²) in [6.45, 7) is 0. The van der Waals surface area contributed by atoms with Gasteiger partial charge in [-0.05, 0) is 37.0 Å². The molecule has 1 N–H and O–H groups in total. The molecule has 0 radical (unpaired) electrons. The molecule has 92 valence electrons. The molecule has 2 atom stereocenters. The molecule has 3 rings (SSSR count). The Hall–Kier alpha value is -1.09. The second-order valence-electron chi connectivity index (χ2n) is 5.13. The summed E-state index contributed by atoms with van der Waals surface area (Å²) >= 11 is 0. The lowest BCUT2D eigenvalue weighted by Gasteiger charge is -2.33. The van der Waals surface area contributed by atoms with Crippen molar-refractivity contribution >= 4 is 0 Å². The zero-order chi connectivity index (χ0) is 11.8. The second-order valence-corrected chi connectivity index (χ2v) is 5.13. The predicted octanol–water partition coefficient (Wildman–Crippen LogP) is 3.20. The highest BCUT2D eigenvalue weighted by atomic mass is 19.1. The van der Waals surface area contributed by atoms with Crippen molar-refractivity contribution < 1.29 is 14.2 Å². The molecule has 0 saturated heterocycles. The van der Waals surface area contributed by atoms with E-state index in [2.05, 4.69) is 0 Å². The molecule has 0 aromatic heterocycles. The van der Waals surface area contributed by atoms with E-state index in [1.54, 1.807) is 6.07 Å². The maximum Gasteiger partial charge on any atom is 0.125 e. The van der Waals surface area contributed by atoms with E-state index < -0.39 is 6.10 Å². The number of benzene rings is 1. The topological polar surface area (TPSA) is 29.5 Å². The smallest absolute Gasteiger partial charge is 0.125 e. The van der Waals surface area contributed by atoms with Crippen LogP contribution >= 0.6 is 0 Å². The van der Waals surface area contributed by atoms with Gasteiger partial charge in [0.1, 0.15) is 17.7 Å². The quantitative estimate of drug-likeness (QED) is 0.811. The van der Waals surface area contributed by atoms with Crippen molar-refractivity contribution in [3.05, 3.63) is 29.6 Å². The van der Waals surface area contributed by atoms with Crippen molar-refractivity contribution in [3.63, 3.8) is 0 Å². The van der Waals surface area contributed by atoms with Gasteiger partial charge in [-0.25, -0.2) is 4.39 Å². The largest absolute Gasteiger partial charge is 0.490 e. The van der Waals surface area contributed by atoms with Crippen molar-refractivity contribution in [1.29, 1.82) is 0 Å². The van der Waals surface area contributed by atoms with E-state index in [1.165, 1.54) is 37.8 Å². The third kappa shape index (κ3) is 2.04. The molecule has 1 aliphatic carbocycles. The minimum atomic E-state index is -0.583. The highest BCUT2D eigenvalue weighted by Gasteiger charge is 2.33. The van der Waals surface area contributed by atoms with Crippen LogP contribution in [0.5, 0.6) is 5.75 Å². The fraction of sp³-hybridized carbons (Fsp3) is 0.571. The van der Waals surface area contributed by atoms with Gasteiger partial charge in [0.2, 0.25) is 0 Å². The molecule has 1 heterocycles. The molecular weight excluding hydrogens is 219 g/mol. The highest BCUT2D eigenvalue weighted by Crippen LogP contribution is 2.41. The van der Waals surface area contributed by atoms with Crippen LogP contribution in [0.3, 0.4) is 0 Å². The molecule has 1 fully saturated rings. The summed E-state index contributed by atoms with van der Waals surface area (Å²) in [6.07, 6.45) is 5.02. The number of ether oxygens (including phenoxy) is 1. The summed E-state index contributed by atoms with van der Waals surface area (Å²) in [7, 11) is 0. The lowest BCUT2D eigenvalue weighted by atomic mass is 9.90. The number of hydrogen-bond donors (Lipinski definition) is 1. The van der Waals surface area contributed by atoms with Gasteiger partial charge in [0.05, 0.1) is 6.10 Å². The summed E-state index contributed by atoms with van der Waals surface area (Å²) in [4.78, 5) is 0. The van der Waals surface area contributed by atoms with E-state index in [-0.39, 0.29) is 11.9 Å². The van der Waals surface area contributed by atoms with Crippen LogP contribution in [-0.2, 0) is 0 Å². The van der Waals surface area contributed by atoms with Crippen LogP contribution < -0.4 is 4.74 Å². The van der Waals surface area contributed by atoms with Gasteiger partial charge < -0.3 is 9.84 Å². The van der Waals surface area contributed by atoms with Gasteiger partial charge in [0.25, 0.3) is 0 Å². The Labute approximate surface area is 100 Å². The Kier molecular flexibility index (Phi) is 2.79. The van der Waals surface area contributed by atoms with Gasteiger partial charge in [0, 0.05) is 12.0 Å². The van der Waals surface area contributed by atoms with Gasteiger partial charge >= 0.3 is 0 Å². The van der Waals surface area contributed by atoms with Crippen LogP contribution in [0, 0.1) is 11.7 Å². The molecule has 2 nitrogen and oxygen atoms in total. The van der Waals surface area contributed by atoms with E-state index in [4.69, 9.17) is 4.74 Å². The first-order valence-corrected chi connectivity index (χ1v) is 6.38. The van der Waals surface area contributed by atoms with Crippen LogP contribution in [0.4, 0.5) is 4.39 Å². The molecule has 1 unspecified atom stereocenters. The van der Waals surface area contributed by atoms with Crippen LogP contribution in [0.2, 0.25) is 0 Å². The highest BCUT2D eigenvalue weighted by molar-refractivity contribution is 5.37. The average molecular weight is 236 g/mol. The molecule has 1 aromatic carbocycles. The first kappa shape index (κ1) is 11.0. The lowest BCUT2D eigenvalue weighted by Crippen LogP contribution is -2.31. The van der Waals surface area contributed by atoms with E-state index in [1.807, 2.05) is 0 Å². The molecule has 2 aliphatic rings. The van der Waals surface area contributed by atoms with E-state index in [0.29, 0.717) is 23.7 Å². The van der Waals surface area contributed by atoms with Gasteiger partial charge in [0.15, 0.2) is 0 Å². The summed E-state index contributed by atoms with van der Waals surface area (Å²) in [6, 6.07) is 4.41. The molecule has 1 aromatic rings. The predicted molar refractivity (Wildman–Crippen MR) is 62.4 cm³/mol. The maximum atomic E-state index is 13.1. The summed E-state index contributed by atoms with van der Waals surface area (Å²) in [5.74, 6) is 0.899. The number of halogens is 1. The molecule has 3 heteroatoms. The monoisotopic (exact) mass is 236 g/mol. The van der Waals surface area contributed by atoms with Gasteiger partial charge in [-0.3, -0.25) is 0 Å². The standard InChI is InChI=1S/C14H17FO2/c15-10-5-6-13-11(7-10)12(16)8-14(17-13)9-3-1-2-4-9/h5-7,9,12,14,16H,1-4,8H2/t12-,14?/m0/s1. The average Bonchev–Trinajstić information content (AvgIpc) is 2.83. The zero-order valence-electron chi connectivity index (χ0n) is 9.73. The summed E-state index contributed by atoms with van der Waals surface area (Å²) in [5, 5.41) is 10.1. The Morgan fingerprint density at radius 3 is 2.76 bits per heavy atom. The molecular formula is C14H17FO2. The minimum Gasteiger partial charge on any atom is -0.490 e. The summed E-state index contributed by atoms with van der Waals surface area (Å²) < 4.78 is 19.0. The minimum absolute atomic E-state index is 0.102. The van der Waals surface area contributed by atoms with Crippen LogP contribution in [0.15, 0.2) is 18.2 Å². The van der Waals surface area contributed by atoms with E-state index in [9.17, 15) is 9.50 Å². The summed E-state index contributed by atoms with van der Waals surface area (Å²) in [5.41, 5.74) is 0.597. The Morgan fingerprint density at radius 2 is 2.00 bits per heavy atom. The second kappa shape index (κ2) is 4.30. The van der Waals surface area contributed by atoms with Crippen LogP contribution in [-0.4, -0.2) is 11.2 Å². The SMILES string of the molecule is O[C@H]1CC(C2CCCC2)Oc2ccc(F)cc21. The fourth-order valence-electron chi connectivity index (χ4n) is 3.06. The Morgan fingerprint density at radius 1 is 1.24 bits per heavy atom. The fourth-order valence-corrected chi connectivity index (χ4v) is 3.06. The number of aliphatic hydroxyl groups is 1. The normalized spacial score (nSPS) is 28.8. The molecule has 0 bridgehead atoms. The van der Waals surface area contributed by atoms with Gasteiger partial charge in [-0.15, -0.1) is 0 Å². The first-order valence-electron chi connectivity index (χ1n) is 6.38. The van der Waals surface area contributed by atoms with E-state index in [0.717, 1.165) is 0 Å². The molecule has 17 heavy (non-hydrogen) atoms. The van der Waals surface area contributed by atoms with Crippen molar-refractivity contribution in [2.45, 2.75) is 44.3 Å². The van der Waals surface area contributed by atoms with Gasteiger partial charge in [-0.2, -0.15) is 0 Å². The van der Waals surface area contributed by atoms with Crippen molar-refractivity contribution in [1.82, 2.24) is 0 Å². The van der Waals surface area contributed by atoms with Crippen molar-refractivity contribution in [3.8, 4) is 5.75 Å². The van der Waals surface area contributed by atoms with E-state index >= 15 is 0 Å². The molecule has 1 saturated carbocycles. The third-order valence-corrected chi connectivity index (χ3v) is 3.99.